The summed E-state index contributed by atoms with van der Waals surface area (Å²) < 4.78 is 25.9. The van der Waals surface area contributed by atoms with E-state index in [-0.39, 0.29) is 6.67 Å². The van der Waals surface area contributed by atoms with Crippen molar-refractivity contribution in [3.05, 3.63) is 0 Å². The van der Waals surface area contributed by atoms with Gasteiger partial charge in [0.25, 0.3) is 0 Å². The molecule has 1 unspecified atom stereocenters. The Morgan fingerprint density at radius 1 is 1.27 bits per heavy atom. The number of rotatable bonds is 7. The van der Waals surface area contributed by atoms with E-state index in [2.05, 4.69) is 4.52 Å². The third kappa shape index (κ3) is 10.1. The maximum Gasteiger partial charge on any atom is 0.316 e. The Balaban J connectivity index is 2.85. The van der Waals surface area contributed by atoms with Crippen molar-refractivity contribution in [3.63, 3.8) is 0 Å². The highest BCUT2D eigenvalue weighted by atomic mass is 31.1. The van der Waals surface area contributed by atoms with Crippen molar-refractivity contribution < 1.29 is 18.4 Å². The van der Waals surface area contributed by atoms with E-state index in [4.69, 9.17) is 4.89 Å². The van der Waals surface area contributed by atoms with E-state index < -0.39 is 8.25 Å². The molecule has 1 N–H and O–H groups in total. The van der Waals surface area contributed by atoms with E-state index in [9.17, 15) is 8.96 Å². The first-order chi connectivity index (χ1) is 5.27. The van der Waals surface area contributed by atoms with Gasteiger partial charge in [-0.3, -0.25) is 8.96 Å². The molecule has 0 rings (SSSR count). The van der Waals surface area contributed by atoms with Crippen LogP contribution in [0.25, 0.3) is 0 Å². The van der Waals surface area contributed by atoms with Gasteiger partial charge in [0, 0.05) is 0 Å². The maximum absolute atomic E-state index is 11.5. The lowest BCUT2D eigenvalue weighted by molar-refractivity contribution is 0.273. The van der Waals surface area contributed by atoms with Gasteiger partial charge >= 0.3 is 8.25 Å². The molecule has 3 nitrogen and oxygen atoms in total. The third-order valence-corrected chi connectivity index (χ3v) is 1.70. The number of unbranched alkanes of at least 4 members (excludes halogenated alkanes) is 3. The monoisotopic (exact) mass is 184 g/mol. The Hall–Kier alpha value is 0.0800. The van der Waals surface area contributed by atoms with Crippen molar-refractivity contribution in [2.75, 3.05) is 13.3 Å². The molecule has 0 aliphatic heterocycles. The summed E-state index contributed by atoms with van der Waals surface area (Å²) in [6.45, 7) is 0.0258. The Morgan fingerprint density at radius 3 is 2.45 bits per heavy atom. The van der Waals surface area contributed by atoms with Crippen LogP contribution in [0, 0.1) is 0 Å². The molecule has 0 amide bonds. The maximum atomic E-state index is 11.5. The van der Waals surface area contributed by atoms with Crippen molar-refractivity contribution in [1.29, 1.82) is 0 Å². The Kier molecular flexibility index (Phi) is 8.24. The topological polar surface area (TPSA) is 46.5 Å². The Morgan fingerprint density at radius 2 is 1.91 bits per heavy atom. The largest absolute Gasteiger partial charge is 0.326 e. The number of alkyl halides is 1. The van der Waals surface area contributed by atoms with Crippen LogP contribution in [-0.4, -0.2) is 18.2 Å². The van der Waals surface area contributed by atoms with Crippen LogP contribution in [0.5, 0.6) is 0 Å². The molecule has 68 valence electrons. The summed E-state index contributed by atoms with van der Waals surface area (Å²) in [4.78, 5) is 8.22. The second-order valence-electron chi connectivity index (χ2n) is 2.22. The minimum Gasteiger partial charge on any atom is -0.326 e. The zero-order valence-electron chi connectivity index (χ0n) is 6.38. The van der Waals surface area contributed by atoms with Gasteiger partial charge in [-0.05, 0) is 12.8 Å². The van der Waals surface area contributed by atoms with Crippen LogP contribution in [0.3, 0.4) is 0 Å². The lowest BCUT2D eigenvalue weighted by Crippen LogP contribution is -1.87. The Bertz CT molecular complexity index is 110. The average Bonchev–Trinajstić information content (AvgIpc) is 1.96. The first kappa shape index (κ1) is 11.1. The smallest absolute Gasteiger partial charge is 0.316 e. The molecule has 0 aliphatic carbocycles. The highest BCUT2D eigenvalue weighted by molar-refractivity contribution is 7.32. The SMILES string of the molecule is O=[PH](O)OCCCCCCF. The van der Waals surface area contributed by atoms with Gasteiger partial charge in [-0.15, -0.1) is 0 Å². The number of hydrogen-bond donors (Lipinski definition) is 1. The molecular weight excluding hydrogens is 170 g/mol. The van der Waals surface area contributed by atoms with Crippen LogP contribution in [-0.2, 0) is 9.09 Å². The van der Waals surface area contributed by atoms with E-state index in [0.717, 1.165) is 19.3 Å². The molecule has 0 bridgehead atoms. The summed E-state index contributed by atoms with van der Waals surface area (Å²) in [5.41, 5.74) is 0. The fourth-order valence-electron chi connectivity index (χ4n) is 0.710. The fourth-order valence-corrected chi connectivity index (χ4v) is 1.03. The van der Waals surface area contributed by atoms with Gasteiger partial charge in [0.2, 0.25) is 0 Å². The predicted octanol–water partition coefficient (Wildman–Crippen LogP) is 1.91. The minimum absolute atomic E-state index is 0.280. The molecule has 0 aromatic heterocycles. The average molecular weight is 184 g/mol. The van der Waals surface area contributed by atoms with Gasteiger partial charge < -0.3 is 9.42 Å². The molecule has 1 atom stereocenters. The van der Waals surface area contributed by atoms with Crippen molar-refractivity contribution in [1.82, 2.24) is 0 Å². The molecular formula is C6H14FO3P. The zero-order valence-corrected chi connectivity index (χ0v) is 7.38. The van der Waals surface area contributed by atoms with Gasteiger partial charge in [-0.2, -0.15) is 0 Å². The second kappa shape index (κ2) is 8.18. The molecule has 0 aliphatic rings. The second-order valence-corrected chi connectivity index (χ2v) is 3.04. The molecule has 0 fully saturated rings. The van der Waals surface area contributed by atoms with Gasteiger partial charge in [0.1, 0.15) is 0 Å². The van der Waals surface area contributed by atoms with Crippen molar-refractivity contribution in [2.45, 2.75) is 25.7 Å². The van der Waals surface area contributed by atoms with Gasteiger partial charge in [-0.25, -0.2) is 0 Å². The van der Waals surface area contributed by atoms with Gasteiger partial charge in [0.15, 0.2) is 0 Å². The molecule has 0 aromatic carbocycles. The first-order valence-electron chi connectivity index (χ1n) is 3.69. The van der Waals surface area contributed by atoms with Gasteiger partial charge in [0.05, 0.1) is 13.3 Å². The summed E-state index contributed by atoms with van der Waals surface area (Å²) in [6.07, 6.45) is 3.00. The van der Waals surface area contributed by atoms with E-state index in [0.29, 0.717) is 13.0 Å². The highest BCUT2D eigenvalue weighted by Crippen LogP contribution is 2.15. The number of hydrogen-bond acceptors (Lipinski definition) is 2. The summed E-state index contributed by atoms with van der Waals surface area (Å²) in [5, 5.41) is 0. The van der Waals surface area contributed by atoms with Crippen molar-refractivity contribution in [3.8, 4) is 0 Å². The Labute approximate surface area is 66.5 Å². The van der Waals surface area contributed by atoms with Crippen molar-refractivity contribution in [2.24, 2.45) is 0 Å². The minimum atomic E-state index is -2.75. The summed E-state index contributed by atoms with van der Waals surface area (Å²) in [6, 6.07) is 0. The predicted molar refractivity (Wildman–Crippen MR) is 41.6 cm³/mol. The normalized spacial score (nSPS) is 13.3. The zero-order chi connectivity index (χ0) is 8.53. The van der Waals surface area contributed by atoms with Crippen LogP contribution in [0.2, 0.25) is 0 Å². The molecule has 0 spiro atoms. The van der Waals surface area contributed by atoms with E-state index in [1.54, 1.807) is 0 Å². The summed E-state index contributed by atoms with van der Waals surface area (Å²) >= 11 is 0. The lowest BCUT2D eigenvalue weighted by Gasteiger charge is -1.98. The molecule has 0 saturated carbocycles. The molecule has 5 heteroatoms. The van der Waals surface area contributed by atoms with Crippen LogP contribution >= 0.6 is 8.25 Å². The summed E-state index contributed by atoms with van der Waals surface area (Å²) in [7, 11) is -2.75. The van der Waals surface area contributed by atoms with Crippen LogP contribution in [0.1, 0.15) is 25.7 Å². The number of halogens is 1. The standard InChI is InChI=1S/C6H14FO3P/c7-5-3-1-2-4-6-10-11(8)9/h11H,1-6H2,(H,8,9). The van der Waals surface area contributed by atoms with Crippen LogP contribution in [0.15, 0.2) is 0 Å². The van der Waals surface area contributed by atoms with Crippen LogP contribution in [0.4, 0.5) is 4.39 Å². The van der Waals surface area contributed by atoms with Crippen LogP contribution < -0.4 is 0 Å². The van der Waals surface area contributed by atoms with Crippen molar-refractivity contribution >= 4 is 8.25 Å². The van der Waals surface area contributed by atoms with E-state index in [1.807, 2.05) is 0 Å². The fraction of sp³-hybridized carbons (Fsp3) is 1.00. The molecule has 0 radical (unpaired) electrons. The first-order valence-corrected chi connectivity index (χ1v) is 4.95. The molecule has 0 saturated heterocycles. The third-order valence-electron chi connectivity index (χ3n) is 1.25. The van der Waals surface area contributed by atoms with E-state index >= 15 is 0 Å². The summed E-state index contributed by atoms with van der Waals surface area (Å²) in [5.74, 6) is 0. The molecule has 0 aromatic rings. The lowest BCUT2D eigenvalue weighted by atomic mass is 10.2. The highest BCUT2D eigenvalue weighted by Gasteiger charge is 1.92. The van der Waals surface area contributed by atoms with E-state index in [1.165, 1.54) is 0 Å². The quantitative estimate of drug-likeness (QED) is 0.485. The molecule has 11 heavy (non-hydrogen) atoms. The molecule has 0 heterocycles. The van der Waals surface area contributed by atoms with Gasteiger partial charge in [-0.1, -0.05) is 12.8 Å².